The molecule has 11 heteroatoms. The second-order valence-corrected chi connectivity index (χ2v) is 15.8. The summed E-state index contributed by atoms with van der Waals surface area (Å²) in [4.78, 5) is 36.1. The first-order valence-electron chi connectivity index (χ1n) is 19.9. The molecule has 1 unspecified atom stereocenters. The standard InChI is InChI=1S/C48H47ClN6O4/c1-32-43(48(57)55(45-26-39(28-50)51(3)33(45)2)38-15-17-41(18-16-38)59-31-34-10-6-5-7-11-34)27-46(52(32)4)44-25-37(49)14-19-42(44)47(56)54-29-36-13-9-8-12-35(36)24-40(54)30-53-20-22-58-23-21-53/h5-19,25-27,40H,20-24,29-31H2,1-4H3. The smallest absolute Gasteiger partial charge is 0.264 e. The molecule has 0 saturated carbocycles. The fourth-order valence-electron chi connectivity index (χ4n) is 8.25. The fraction of sp³-hybridized carbons (Fsp3) is 0.271. The van der Waals surface area contributed by atoms with Gasteiger partial charge < -0.3 is 23.5 Å². The van der Waals surface area contributed by atoms with Gasteiger partial charge in [-0.25, -0.2) is 0 Å². The predicted octanol–water partition coefficient (Wildman–Crippen LogP) is 8.63. The van der Waals surface area contributed by atoms with Crippen LogP contribution in [0.5, 0.6) is 5.75 Å². The van der Waals surface area contributed by atoms with Gasteiger partial charge in [0.2, 0.25) is 0 Å². The summed E-state index contributed by atoms with van der Waals surface area (Å²) in [5.74, 6) is 0.290. The number of halogens is 1. The molecule has 1 fully saturated rings. The van der Waals surface area contributed by atoms with Crippen molar-refractivity contribution >= 4 is 34.8 Å². The van der Waals surface area contributed by atoms with Gasteiger partial charge in [-0.3, -0.25) is 19.4 Å². The third kappa shape index (κ3) is 8.02. The summed E-state index contributed by atoms with van der Waals surface area (Å²) in [6, 6.07) is 36.9. The molecule has 8 rings (SSSR count). The number of hydrogen-bond acceptors (Lipinski definition) is 6. The molecule has 59 heavy (non-hydrogen) atoms. The first kappa shape index (κ1) is 39.7. The quantitative estimate of drug-likeness (QED) is 0.138. The van der Waals surface area contributed by atoms with E-state index in [9.17, 15) is 10.1 Å². The minimum Gasteiger partial charge on any atom is -0.489 e. The monoisotopic (exact) mass is 806 g/mol. The molecule has 1 atom stereocenters. The van der Waals surface area contributed by atoms with Crippen molar-refractivity contribution in [3.63, 3.8) is 0 Å². The molecule has 4 heterocycles. The highest BCUT2D eigenvalue weighted by molar-refractivity contribution is 6.31. The van der Waals surface area contributed by atoms with Crippen molar-refractivity contribution in [1.29, 1.82) is 5.26 Å². The first-order chi connectivity index (χ1) is 28.6. The summed E-state index contributed by atoms with van der Waals surface area (Å²) in [6.07, 6.45) is 0.756. The van der Waals surface area contributed by atoms with Crippen molar-refractivity contribution in [2.75, 3.05) is 37.7 Å². The van der Waals surface area contributed by atoms with E-state index in [0.29, 0.717) is 82.3 Å². The van der Waals surface area contributed by atoms with E-state index in [4.69, 9.17) is 21.1 Å². The molecule has 0 N–H and O–H groups in total. The molecule has 0 spiro atoms. The molecule has 0 bridgehead atoms. The maximum absolute atomic E-state index is 15.1. The van der Waals surface area contributed by atoms with Crippen LogP contribution in [0, 0.1) is 25.2 Å². The zero-order chi connectivity index (χ0) is 41.2. The highest BCUT2D eigenvalue weighted by atomic mass is 35.5. The highest BCUT2D eigenvalue weighted by Gasteiger charge is 2.34. The number of rotatable bonds is 10. The molecule has 6 aromatic rings. The van der Waals surface area contributed by atoms with Crippen LogP contribution in [-0.4, -0.2) is 69.6 Å². The Morgan fingerprint density at radius 2 is 1.56 bits per heavy atom. The largest absolute Gasteiger partial charge is 0.489 e. The van der Waals surface area contributed by atoms with E-state index in [1.165, 1.54) is 5.56 Å². The summed E-state index contributed by atoms with van der Waals surface area (Å²) in [7, 11) is 3.72. The van der Waals surface area contributed by atoms with Crippen molar-refractivity contribution in [1.82, 2.24) is 18.9 Å². The molecular formula is C48H47ClN6O4. The number of aromatic nitrogens is 2. The average Bonchev–Trinajstić information content (AvgIpc) is 3.72. The highest BCUT2D eigenvalue weighted by Crippen LogP contribution is 2.38. The Hall–Kier alpha value is -6.12. The zero-order valence-electron chi connectivity index (χ0n) is 33.8. The lowest BCUT2D eigenvalue weighted by Crippen LogP contribution is -2.52. The molecule has 2 aromatic heterocycles. The number of carbonyl (C=O) groups excluding carboxylic acids is 2. The Morgan fingerprint density at radius 3 is 2.27 bits per heavy atom. The van der Waals surface area contributed by atoms with Gasteiger partial charge in [-0.1, -0.05) is 66.2 Å². The van der Waals surface area contributed by atoms with E-state index in [1.807, 2.05) is 110 Å². The Labute approximate surface area is 350 Å². The van der Waals surface area contributed by atoms with E-state index in [2.05, 4.69) is 29.2 Å². The van der Waals surface area contributed by atoms with Crippen LogP contribution in [0.1, 0.15) is 54.5 Å². The predicted molar refractivity (Wildman–Crippen MR) is 230 cm³/mol. The minimum absolute atomic E-state index is 0.0394. The van der Waals surface area contributed by atoms with Gasteiger partial charge in [0.15, 0.2) is 0 Å². The molecule has 0 aliphatic carbocycles. The number of nitrogens with zero attached hydrogens (tertiary/aromatic N) is 6. The van der Waals surface area contributed by atoms with Crippen molar-refractivity contribution in [3.8, 4) is 23.1 Å². The summed E-state index contributed by atoms with van der Waals surface area (Å²) >= 11 is 6.71. The lowest BCUT2D eigenvalue weighted by atomic mass is 9.92. The zero-order valence-corrected chi connectivity index (χ0v) is 34.6. The van der Waals surface area contributed by atoms with Gasteiger partial charge in [-0.2, -0.15) is 5.26 Å². The Kier molecular flexibility index (Phi) is 11.4. The minimum atomic E-state index is -0.284. The van der Waals surface area contributed by atoms with Crippen LogP contribution in [0.2, 0.25) is 5.02 Å². The summed E-state index contributed by atoms with van der Waals surface area (Å²) in [5.41, 5.74) is 8.84. The van der Waals surface area contributed by atoms with E-state index in [1.54, 1.807) is 27.7 Å². The van der Waals surface area contributed by atoms with E-state index in [-0.39, 0.29) is 17.9 Å². The number of ether oxygens (including phenoxy) is 2. The van der Waals surface area contributed by atoms with Crippen molar-refractivity contribution < 1.29 is 19.1 Å². The number of fused-ring (bicyclic) bond motifs is 1. The van der Waals surface area contributed by atoms with Crippen LogP contribution in [-0.2, 0) is 38.4 Å². The molecular weight excluding hydrogens is 760 g/mol. The summed E-state index contributed by atoms with van der Waals surface area (Å²) in [5, 5.41) is 10.4. The molecule has 2 aliphatic heterocycles. The average molecular weight is 807 g/mol. The number of benzene rings is 4. The Balaban J connectivity index is 1.15. The van der Waals surface area contributed by atoms with E-state index in [0.717, 1.165) is 42.9 Å². The van der Waals surface area contributed by atoms with Gasteiger partial charge in [0.05, 0.1) is 24.5 Å². The second-order valence-electron chi connectivity index (χ2n) is 15.3. The van der Waals surface area contributed by atoms with Crippen LogP contribution in [0.3, 0.4) is 0 Å². The molecule has 0 radical (unpaired) electrons. The molecule has 2 aliphatic rings. The lowest BCUT2D eigenvalue weighted by molar-refractivity contribution is 0.0193. The third-order valence-electron chi connectivity index (χ3n) is 11.9. The first-order valence-corrected chi connectivity index (χ1v) is 20.3. The molecule has 10 nitrogen and oxygen atoms in total. The molecule has 4 aromatic carbocycles. The van der Waals surface area contributed by atoms with E-state index < -0.39 is 0 Å². The molecule has 1 saturated heterocycles. The Bertz CT molecular complexity index is 2550. The van der Waals surface area contributed by atoms with Crippen LogP contribution in [0.4, 0.5) is 11.4 Å². The summed E-state index contributed by atoms with van der Waals surface area (Å²) < 4.78 is 15.4. The number of morpholine rings is 1. The number of carbonyl (C=O) groups is 2. The van der Waals surface area contributed by atoms with Crippen LogP contribution in [0.15, 0.2) is 109 Å². The molecule has 300 valence electrons. The topological polar surface area (TPSA) is 96.0 Å². The SMILES string of the molecule is Cc1c(N(C(=O)c2cc(-c3cc(Cl)ccc3C(=O)N3Cc4ccccc4CC3CN3CCOCC3)n(C)c2C)c2ccc(OCc3ccccc3)cc2)cc(C#N)n1C. The normalized spacial score (nSPS) is 15.4. The van der Waals surface area contributed by atoms with Gasteiger partial charge >= 0.3 is 0 Å². The lowest BCUT2D eigenvalue weighted by Gasteiger charge is -2.40. The third-order valence-corrected chi connectivity index (χ3v) is 12.1. The number of hydrogen-bond donors (Lipinski definition) is 0. The number of anilines is 2. The number of nitriles is 1. The van der Waals surface area contributed by atoms with Gasteiger partial charge in [0.1, 0.15) is 24.1 Å². The maximum Gasteiger partial charge on any atom is 0.264 e. The Morgan fingerprint density at radius 1 is 0.847 bits per heavy atom. The van der Waals surface area contributed by atoms with Crippen LogP contribution in [0.25, 0.3) is 11.3 Å². The maximum atomic E-state index is 15.1. The van der Waals surface area contributed by atoms with Gasteiger partial charge in [-0.15, -0.1) is 0 Å². The van der Waals surface area contributed by atoms with Crippen LogP contribution >= 0.6 is 11.6 Å². The van der Waals surface area contributed by atoms with Gasteiger partial charge in [0.25, 0.3) is 11.8 Å². The van der Waals surface area contributed by atoms with Gasteiger partial charge in [-0.05, 0) is 91.6 Å². The van der Waals surface area contributed by atoms with Crippen molar-refractivity contribution in [3.05, 3.63) is 159 Å². The molecule has 2 amide bonds. The summed E-state index contributed by atoms with van der Waals surface area (Å²) in [6.45, 7) is 8.47. The van der Waals surface area contributed by atoms with E-state index >= 15 is 4.79 Å². The van der Waals surface area contributed by atoms with Crippen LogP contribution < -0.4 is 9.64 Å². The van der Waals surface area contributed by atoms with Crippen molar-refractivity contribution in [2.24, 2.45) is 14.1 Å². The fourth-order valence-corrected chi connectivity index (χ4v) is 8.42. The van der Waals surface area contributed by atoms with Crippen molar-refractivity contribution in [2.45, 2.75) is 39.5 Å². The number of amides is 2. The van der Waals surface area contributed by atoms with Gasteiger partial charge in [0, 0.05) is 85.2 Å². The second kappa shape index (κ2) is 17.0.